The van der Waals surface area contributed by atoms with Gasteiger partial charge in [0.2, 0.25) is 0 Å². The van der Waals surface area contributed by atoms with E-state index in [0.29, 0.717) is 6.04 Å². The van der Waals surface area contributed by atoms with Gasteiger partial charge in [-0.05, 0) is 24.7 Å². The molecular weight excluding hydrogens is 134 g/mol. The van der Waals surface area contributed by atoms with E-state index in [0.717, 1.165) is 11.8 Å². The Morgan fingerprint density at radius 2 is 1.56 bits per heavy atom. The molecule has 0 aromatic rings. The normalized spacial score (nSPS) is 45.2. The van der Waals surface area contributed by atoms with Gasteiger partial charge in [-0.3, -0.25) is 0 Å². The van der Waals surface area contributed by atoms with E-state index in [1.165, 1.54) is 12.8 Å². The highest BCUT2D eigenvalue weighted by Gasteiger charge is 2.46. The molecule has 0 aromatic carbocycles. The van der Waals surface area contributed by atoms with E-state index in [1.54, 1.807) is 0 Å². The number of hydrogen-bond donors (Lipinski definition) is 1. The molecule has 0 bridgehead atoms. The molecule has 3 atom stereocenters. The van der Waals surface area contributed by atoms with Gasteiger partial charge in [0.15, 0.2) is 0 Å². The lowest BCUT2D eigenvalue weighted by molar-refractivity contribution is 0.689. The van der Waals surface area contributed by atoms with E-state index < -0.39 is 0 Å². The summed E-state index contributed by atoms with van der Waals surface area (Å²) in [6.45, 7) is 0. The summed E-state index contributed by atoms with van der Waals surface area (Å²) in [5, 5.41) is 0. The van der Waals surface area contributed by atoms with Crippen LogP contribution >= 0.6 is 12.4 Å². The largest absolute Gasteiger partial charge is 0.327 e. The molecule has 0 saturated heterocycles. The molecule has 2 N–H and O–H groups in total. The molecule has 0 spiro atoms. The monoisotopic (exact) mass is 145 g/mol. The van der Waals surface area contributed by atoms with Crippen molar-refractivity contribution < 1.29 is 0 Å². The number of allylic oxidation sites excluding steroid dienone is 2. The van der Waals surface area contributed by atoms with Crippen molar-refractivity contribution in [3.8, 4) is 0 Å². The van der Waals surface area contributed by atoms with Crippen molar-refractivity contribution in [1.29, 1.82) is 0 Å². The Balaban J connectivity index is 0.000000405. The predicted molar refractivity (Wildman–Crippen MR) is 40.6 cm³/mol. The van der Waals surface area contributed by atoms with Crippen LogP contribution in [0.15, 0.2) is 12.2 Å². The zero-order valence-electron chi connectivity index (χ0n) is 5.29. The zero-order valence-corrected chi connectivity index (χ0v) is 6.10. The van der Waals surface area contributed by atoms with E-state index in [-0.39, 0.29) is 12.4 Å². The summed E-state index contributed by atoms with van der Waals surface area (Å²) < 4.78 is 0. The van der Waals surface area contributed by atoms with Crippen LogP contribution in [0.4, 0.5) is 0 Å². The minimum absolute atomic E-state index is 0. The van der Waals surface area contributed by atoms with Crippen molar-refractivity contribution in [2.24, 2.45) is 17.6 Å². The molecule has 2 aliphatic rings. The number of nitrogens with two attached hydrogens (primary N) is 1. The Morgan fingerprint density at radius 1 is 1.11 bits per heavy atom. The summed E-state index contributed by atoms with van der Waals surface area (Å²) in [6.07, 6.45) is 7.00. The van der Waals surface area contributed by atoms with Crippen LogP contribution in [0.3, 0.4) is 0 Å². The molecule has 1 fully saturated rings. The maximum absolute atomic E-state index is 5.73. The molecular formula is C7H12ClN. The van der Waals surface area contributed by atoms with Crippen LogP contribution in [0.5, 0.6) is 0 Å². The first kappa shape index (κ1) is 7.10. The molecule has 1 unspecified atom stereocenters. The molecule has 2 aliphatic carbocycles. The van der Waals surface area contributed by atoms with Crippen LogP contribution in [-0.4, -0.2) is 6.04 Å². The van der Waals surface area contributed by atoms with Gasteiger partial charge in [0.05, 0.1) is 0 Å². The smallest absolute Gasteiger partial charge is 0.0108 e. The van der Waals surface area contributed by atoms with E-state index in [9.17, 15) is 0 Å². The lowest BCUT2D eigenvalue weighted by Crippen LogP contribution is -2.02. The van der Waals surface area contributed by atoms with Crippen molar-refractivity contribution in [1.82, 2.24) is 0 Å². The first-order valence-electron chi connectivity index (χ1n) is 3.30. The van der Waals surface area contributed by atoms with Crippen LogP contribution in [0, 0.1) is 11.8 Å². The van der Waals surface area contributed by atoms with E-state index >= 15 is 0 Å². The minimum Gasteiger partial charge on any atom is -0.327 e. The Kier molecular flexibility index (Phi) is 1.83. The van der Waals surface area contributed by atoms with E-state index in [1.807, 2.05) is 0 Å². The highest BCUT2D eigenvalue weighted by Crippen LogP contribution is 2.45. The number of rotatable bonds is 0. The Bertz CT molecular complexity index is 119. The Morgan fingerprint density at radius 3 is 1.89 bits per heavy atom. The summed E-state index contributed by atoms with van der Waals surface area (Å²) in [4.78, 5) is 0. The molecule has 2 heteroatoms. The molecule has 1 saturated carbocycles. The maximum atomic E-state index is 5.73. The lowest BCUT2D eigenvalue weighted by Gasteiger charge is -1.96. The van der Waals surface area contributed by atoms with E-state index in [4.69, 9.17) is 5.73 Å². The van der Waals surface area contributed by atoms with Gasteiger partial charge in [0.1, 0.15) is 0 Å². The molecule has 9 heavy (non-hydrogen) atoms. The van der Waals surface area contributed by atoms with Crippen molar-refractivity contribution in [3.63, 3.8) is 0 Å². The second-order valence-electron chi connectivity index (χ2n) is 2.85. The molecule has 0 aromatic heterocycles. The van der Waals surface area contributed by atoms with Crippen LogP contribution in [0.1, 0.15) is 12.8 Å². The number of halogens is 1. The quantitative estimate of drug-likeness (QED) is 0.512. The first-order valence-corrected chi connectivity index (χ1v) is 3.30. The van der Waals surface area contributed by atoms with Gasteiger partial charge in [-0.2, -0.15) is 0 Å². The fourth-order valence-corrected chi connectivity index (χ4v) is 1.65. The fourth-order valence-electron chi connectivity index (χ4n) is 1.65. The highest BCUT2D eigenvalue weighted by atomic mass is 35.5. The Hall–Kier alpha value is -0.0100. The molecule has 52 valence electrons. The molecule has 0 heterocycles. The van der Waals surface area contributed by atoms with Crippen molar-refractivity contribution in [2.45, 2.75) is 18.9 Å². The molecule has 1 nitrogen and oxygen atoms in total. The molecule has 0 aliphatic heterocycles. The van der Waals surface area contributed by atoms with Gasteiger partial charge in [-0.15, -0.1) is 12.4 Å². The summed E-state index contributed by atoms with van der Waals surface area (Å²) >= 11 is 0. The van der Waals surface area contributed by atoms with Gasteiger partial charge >= 0.3 is 0 Å². The SMILES string of the molecule is Cl.NC1[C@H]2CC=CC[C@@H]12. The van der Waals surface area contributed by atoms with Crippen LogP contribution in [0.25, 0.3) is 0 Å². The molecule has 0 radical (unpaired) electrons. The van der Waals surface area contributed by atoms with Crippen molar-refractivity contribution in [2.75, 3.05) is 0 Å². The summed E-state index contributed by atoms with van der Waals surface area (Å²) in [5.41, 5.74) is 5.73. The predicted octanol–water partition coefficient (Wildman–Crippen LogP) is 1.33. The number of hydrogen-bond acceptors (Lipinski definition) is 1. The van der Waals surface area contributed by atoms with Crippen molar-refractivity contribution >= 4 is 12.4 Å². The zero-order chi connectivity index (χ0) is 5.56. The van der Waals surface area contributed by atoms with Gasteiger partial charge < -0.3 is 5.73 Å². The summed E-state index contributed by atoms with van der Waals surface area (Å²) in [7, 11) is 0. The standard InChI is InChI=1S/C7H11N.ClH/c8-7-5-3-1-2-4-6(5)7;/h1-2,5-7H,3-4,8H2;1H/t5-,6+,7?;. The van der Waals surface area contributed by atoms with Crippen molar-refractivity contribution in [3.05, 3.63) is 12.2 Å². The third-order valence-corrected chi connectivity index (χ3v) is 2.38. The first-order chi connectivity index (χ1) is 3.89. The summed E-state index contributed by atoms with van der Waals surface area (Å²) in [5.74, 6) is 1.72. The highest BCUT2D eigenvalue weighted by molar-refractivity contribution is 5.85. The lowest BCUT2D eigenvalue weighted by atomic mass is 10.1. The fraction of sp³-hybridized carbons (Fsp3) is 0.714. The molecule has 2 rings (SSSR count). The molecule has 0 amide bonds. The van der Waals surface area contributed by atoms with E-state index in [2.05, 4.69) is 12.2 Å². The average Bonchev–Trinajstić information content (AvgIpc) is 2.46. The third-order valence-electron chi connectivity index (χ3n) is 2.38. The van der Waals surface area contributed by atoms with Crippen LogP contribution in [0.2, 0.25) is 0 Å². The Labute approximate surface area is 61.7 Å². The topological polar surface area (TPSA) is 26.0 Å². The van der Waals surface area contributed by atoms with Crippen LogP contribution in [-0.2, 0) is 0 Å². The second kappa shape index (κ2) is 2.31. The third kappa shape index (κ3) is 0.993. The van der Waals surface area contributed by atoms with Gasteiger partial charge in [0, 0.05) is 6.04 Å². The van der Waals surface area contributed by atoms with Gasteiger partial charge in [-0.25, -0.2) is 0 Å². The number of fused-ring (bicyclic) bond motifs is 1. The maximum Gasteiger partial charge on any atom is 0.0108 e. The van der Waals surface area contributed by atoms with Gasteiger partial charge in [0.25, 0.3) is 0 Å². The second-order valence-corrected chi connectivity index (χ2v) is 2.85. The minimum atomic E-state index is 0. The van der Waals surface area contributed by atoms with Gasteiger partial charge in [-0.1, -0.05) is 12.2 Å². The average molecular weight is 146 g/mol. The van der Waals surface area contributed by atoms with Crippen LogP contribution < -0.4 is 5.73 Å². The summed E-state index contributed by atoms with van der Waals surface area (Å²) in [6, 6.07) is 0.546.